The van der Waals surface area contributed by atoms with Crippen LogP contribution in [-0.4, -0.2) is 50.1 Å². The average Bonchev–Trinajstić information content (AvgIpc) is 2.69. The highest BCUT2D eigenvalue weighted by atomic mass is 32.2. The highest BCUT2D eigenvalue weighted by Gasteiger charge is 2.42. The Labute approximate surface area is 126 Å². The summed E-state index contributed by atoms with van der Waals surface area (Å²) in [4.78, 5) is 6.11. The third-order valence-corrected chi connectivity index (χ3v) is 6.35. The van der Waals surface area contributed by atoms with Crippen LogP contribution in [0.2, 0.25) is 0 Å². The second-order valence-electron chi connectivity index (χ2n) is 6.19. The molecule has 0 spiro atoms. The second kappa shape index (κ2) is 5.35. The molecule has 2 bridgehead atoms. The summed E-state index contributed by atoms with van der Waals surface area (Å²) in [6.45, 7) is 5.02. The molecule has 1 aromatic carbocycles. The first kappa shape index (κ1) is 15.0. The number of hydroxylamine groups is 2. The molecule has 0 N–H and O–H groups in total. The molecule has 5 nitrogen and oxygen atoms in total. The second-order valence-corrected chi connectivity index (χ2v) is 8.13. The van der Waals surface area contributed by atoms with E-state index < -0.39 is 10.0 Å². The molecule has 2 heterocycles. The van der Waals surface area contributed by atoms with Crippen LogP contribution in [0.3, 0.4) is 0 Å². The topological polar surface area (TPSA) is 49.9 Å². The molecule has 6 heteroatoms. The van der Waals surface area contributed by atoms with Gasteiger partial charge in [-0.1, -0.05) is 24.6 Å². The molecule has 2 saturated heterocycles. The van der Waals surface area contributed by atoms with Crippen molar-refractivity contribution in [1.82, 2.24) is 9.37 Å². The van der Waals surface area contributed by atoms with Crippen molar-refractivity contribution >= 4 is 10.0 Å². The zero-order chi connectivity index (χ0) is 15.2. The van der Waals surface area contributed by atoms with E-state index in [0.29, 0.717) is 24.0 Å². The lowest BCUT2D eigenvalue weighted by atomic mass is 9.99. The van der Waals surface area contributed by atoms with Crippen molar-refractivity contribution in [3.05, 3.63) is 29.8 Å². The number of hydrogen-bond donors (Lipinski definition) is 0. The fourth-order valence-corrected chi connectivity index (χ4v) is 4.84. The Hall–Kier alpha value is -0.950. The summed E-state index contributed by atoms with van der Waals surface area (Å²) in [5, 5.41) is 1.89. The van der Waals surface area contributed by atoms with Gasteiger partial charge in [-0.15, -0.1) is 0 Å². The van der Waals surface area contributed by atoms with E-state index in [4.69, 9.17) is 4.84 Å². The number of hydrogen-bond acceptors (Lipinski definition) is 4. The van der Waals surface area contributed by atoms with Gasteiger partial charge in [0.15, 0.2) is 0 Å². The molecule has 1 aromatic rings. The molecule has 2 aliphatic rings. The Bertz CT molecular complexity index is 612. The van der Waals surface area contributed by atoms with Gasteiger partial charge in [0.2, 0.25) is 10.0 Å². The number of nitrogens with zero attached hydrogens (tertiary/aromatic N) is 2. The van der Waals surface area contributed by atoms with Crippen molar-refractivity contribution in [2.75, 3.05) is 20.1 Å². The van der Waals surface area contributed by atoms with E-state index in [-0.39, 0.29) is 12.0 Å². The molecular formula is C15H22N2O3S. The third kappa shape index (κ3) is 2.73. The monoisotopic (exact) mass is 310 g/mol. The summed E-state index contributed by atoms with van der Waals surface area (Å²) < 4.78 is 27.2. The van der Waals surface area contributed by atoms with Crippen LogP contribution in [0.4, 0.5) is 0 Å². The first-order valence-electron chi connectivity index (χ1n) is 7.34. The van der Waals surface area contributed by atoms with Gasteiger partial charge in [-0.05, 0) is 31.4 Å². The van der Waals surface area contributed by atoms with Crippen molar-refractivity contribution in [2.45, 2.75) is 37.3 Å². The number of rotatable bonds is 2. The minimum atomic E-state index is -3.44. The first-order chi connectivity index (χ1) is 9.88. The van der Waals surface area contributed by atoms with E-state index in [1.807, 2.05) is 31.2 Å². The smallest absolute Gasteiger partial charge is 0.243 e. The molecular weight excluding hydrogens is 288 g/mol. The van der Waals surface area contributed by atoms with E-state index in [0.717, 1.165) is 12.0 Å². The fraction of sp³-hybridized carbons (Fsp3) is 0.600. The summed E-state index contributed by atoms with van der Waals surface area (Å²) in [6.07, 6.45) is 0.864. The molecule has 0 radical (unpaired) electrons. The Kier molecular flexibility index (Phi) is 3.81. The first-order valence-corrected chi connectivity index (χ1v) is 8.78. The zero-order valence-electron chi connectivity index (χ0n) is 12.7. The predicted molar refractivity (Wildman–Crippen MR) is 80.1 cm³/mol. The molecule has 0 aromatic heterocycles. The number of benzene rings is 1. The maximum absolute atomic E-state index is 12.8. The predicted octanol–water partition coefficient (Wildman–Crippen LogP) is 1.64. The Morgan fingerprint density at radius 2 is 1.86 bits per heavy atom. The van der Waals surface area contributed by atoms with Gasteiger partial charge in [-0.2, -0.15) is 9.37 Å². The van der Waals surface area contributed by atoms with Crippen LogP contribution in [0.15, 0.2) is 29.2 Å². The lowest BCUT2D eigenvalue weighted by Gasteiger charge is -2.31. The number of aryl methyl sites for hydroxylation is 1. The highest BCUT2D eigenvalue weighted by molar-refractivity contribution is 7.89. The fourth-order valence-electron chi connectivity index (χ4n) is 3.27. The van der Waals surface area contributed by atoms with Gasteiger partial charge < -0.3 is 0 Å². The van der Waals surface area contributed by atoms with Crippen LogP contribution in [-0.2, 0) is 14.9 Å². The normalized spacial score (nSPS) is 31.3. The van der Waals surface area contributed by atoms with Crippen molar-refractivity contribution in [3.8, 4) is 0 Å². The van der Waals surface area contributed by atoms with Crippen molar-refractivity contribution < 1.29 is 13.3 Å². The lowest BCUT2D eigenvalue weighted by Crippen LogP contribution is -2.43. The van der Waals surface area contributed by atoms with Gasteiger partial charge in [-0.3, -0.25) is 4.84 Å². The Morgan fingerprint density at radius 1 is 1.19 bits per heavy atom. The summed E-state index contributed by atoms with van der Waals surface area (Å²) in [5.74, 6) is 0.253. The van der Waals surface area contributed by atoms with Gasteiger partial charge in [0.05, 0.1) is 11.0 Å². The maximum atomic E-state index is 12.8. The van der Waals surface area contributed by atoms with Crippen LogP contribution >= 0.6 is 0 Å². The molecule has 0 aliphatic carbocycles. The van der Waals surface area contributed by atoms with E-state index in [1.54, 1.807) is 16.4 Å². The number of fused-ring (bicyclic) bond motifs is 2. The van der Waals surface area contributed by atoms with Gasteiger partial charge in [-0.25, -0.2) is 8.42 Å². The highest BCUT2D eigenvalue weighted by Crippen LogP contribution is 2.32. The van der Waals surface area contributed by atoms with Gasteiger partial charge in [0, 0.05) is 26.2 Å². The van der Waals surface area contributed by atoms with Crippen LogP contribution in [0.25, 0.3) is 0 Å². The zero-order valence-corrected chi connectivity index (χ0v) is 13.5. The maximum Gasteiger partial charge on any atom is 0.243 e. The van der Waals surface area contributed by atoms with E-state index >= 15 is 0 Å². The SMILES string of the molecule is Cc1ccc(S(=O)(=O)N2C[C@H]3C[C@@H]([C@H](C)C2)N(C)O3)cc1. The standard InChI is InChI=1S/C15H22N2O3S/c1-11-4-6-14(7-5-11)21(18,19)17-9-12(2)15-8-13(10-17)20-16(15)3/h4-7,12-13,15H,8-10H2,1-3H3/t12-,13-,15+/m1/s1. The molecule has 0 unspecified atom stereocenters. The van der Waals surface area contributed by atoms with Crippen molar-refractivity contribution in [3.63, 3.8) is 0 Å². The van der Waals surface area contributed by atoms with Gasteiger partial charge in [0.1, 0.15) is 0 Å². The molecule has 21 heavy (non-hydrogen) atoms. The van der Waals surface area contributed by atoms with Crippen LogP contribution < -0.4 is 0 Å². The summed E-state index contributed by atoms with van der Waals surface area (Å²) in [7, 11) is -1.50. The molecule has 2 fully saturated rings. The molecule has 2 aliphatic heterocycles. The van der Waals surface area contributed by atoms with Crippen LogP contribution in [0.1, 0.15) is 18.9 Å². The number of sulfonamides is 1. The Morgan fingerprint density at radius 3 is 2.52 bits per heavy atom. The average molecular weight is 310 g/mol. The van der Waals surface area contributed by atoms with Crippen molar-refractivity contribution in [1.29, 1.82) is 0 Å². The quantitative estimate of drug-likeness (QED) is 0.833. The Balaban J connectivity index is 1.88. The van der Waals surface area contributed by atoms with Crippen molar-refractivity contribution in [2.24, 2.45) is 5.92 Å². The summed E-state index contributed by atoms with van der Waals surface area (Å²) in [6, 6.07) is 7.35. The lowest BCUT2D eigenvalue weighted by molar-refractivity contribution is -0.159. The van der Waals surface area contributed by atoms with Crippen LogP contribution in [0.5, 0.6) is 0 Å². The largest absolute Gasteiger partial charge is 0.294 e. The third-order valence-electron chi connectivity index (χ3n) is 4.50. The minimum absolute atomic E-state index is 0.0369. The minimum Gasteiger partial charge on any atom is -0.294 e. The molecule has 3 rings (SSSR count). The molecule has 0 amide bonds. The molecule has 3 atom stereocenters. The van der Waals surface area contributed by atoms with Gasteiger partial charge in [0.25, 0.3) is 0 Å². The van der Waals surface area contributed by atoms with Gasteiger partial charge >= 0.3 is 0 Å². The molecule has 0 saturated carbocycles. The van der Waals surface area contributed by atoms with E-state index in [1.165, 1.54) is 0 Å². The van der Waals surface area contributed by atoms with Crippen LogP contribution in [0, 0.1) is 12.8 Å². The summed E-state index contributed by atoms with van der Waals surface area (Å²) >= 11 is 0. The van der Waals surface area contributed by atoms with E-state index in [2.05, 4.69) is 6.92 Å². The van der Waals surface area contributed by atoms with E-state index in [9.17, 15) is 8.42 Å². The summed E-state index contributed by atoms with van der Waals surface area (Å²) in [5.41, 5.74) is 1.06. The molecule has 116 valence electrons.